The molecule has 1 unspecified atom stereocenters. The number of hydrogen-bond donors (Lipinski definition) is 2. The van der Waals surface area contributed by atoms with Gasteiger partial charge in [-0.25, -0.2) is 13.1 Å². The number of rotatable bonds is 5. The van der Waals surface area contributed by atoms with Gasteiger partial charge in [0, 0.05) is 12.1 Å². The third-order valence-corrected chi connectivity index (χ3v) is 5.95. The molecule has 0 saturated carbocycles. The summed E-state index contributed by atoms with van der Waals surface area (Å²) < 4.78 is 74.8. The molecule has 0 aromatic carbocycles. The molecular formula is C13H12F3N5O4S2. The van der Waals surface area contributed by atoms with Gasteiger partial charge < -0.3 is 14.7 Å². The summed E-state index contributed by atoms with van der Waals surface area (Å²) in [5.74, 6) is -1.53. The number of alkyl halides is 3. The standard InChI is InChI=1S/C13H12F3N5O4S2/c1-5(11-18-19-12(17)26-11)21-27(22,23)9-4-8(24-6(9)2)7-3-10(25-20-7)13(14,15)16/h3-5,21H,1-2H3,(H2,17,19). The van der Waals surface area contributed by atoms with Gasteiger partial charge in [-0.05, 0) is 13.8 Å². The number of sulfonamides is 1. The quantitative estimate of drug-likeness (QED) is 0.639. The minimum Gasteiger partial charge on any atom is -0.458 e. The molecule has 146 valence electrons. The maximum absolute atomic E-state index is 12.6. The number of halogens is 3. The lowest BCUT2D eigenvalue weighted by Crippen LogP contribution is -2.27. The van der Waals surface area contributed by atoms with Crippen molar-refractivity contribution in [1.82, 2.24) is 20.1 Å². The van der Waals surface area contributed by atoms with E-state index in [1.54, 1.807) is 6.92 Å². The minimum absolute atomic E-state index is 0.0296. The lowest BCUT2D eigenvalue weighted by atomic mass is 10.3. The van der Waals surface area contributed by atoms with Gasteiger partial charge in [0.1, 0.15) is 21.4 Å². The summed E-state index contributed by atoms with van der Waals surface area (Å²) in [4.78, 5) is -0.251. The van der Waals surface area contributed by atoms with E-state index in [1.165, 1.54) is 6.92 Å². The molecule has 3 N–H and O–H groups in total. The predicted molar refractivity (Wildman–Crippen MR) is 87.0 cm³/mol. The number of furan rings is 1. The molecule has 0 aliphatic rings. The maximum atomic E-state index is 12.6. The molecule has 0 aliphatic carbocycles. The third-order valence-electron chi connectivity index (χ3n) is 3.36. The van der Waals surface area contributed by atoms with Crippen LogP contribution in [-0.2, 0) is 16.2 Å². The highest BCUT2D eigenvalue weighted by molar-refractivity contribution is 7.89. The average molecular weight is 423 g/mol. The summed E-state index contributed by atoms with van der Waals surface area (Å²) in [6.45, 7) is 2.90. The second kappa shape index (κ2) is 6.61. The molecule has 3 rings (SSSR count). The highest BCUT2D eigenvalue weighted by Crippen LogP contribution is 2.34. The predicted octanol–water partition coefficient (Wildman–Crippen LogP) is 2.74. The number of nitrogens with zero attached hydrogens (tertiary/aromatic N) is 3. The summed E-state index contributed by atoms with van der Waals surface area (Å²) in [6, 6.07) is 0.956. The van der Waals surface area contributed by atoms with Gasteiger partial charge in [0.25, 0.3) is 0 Å². The smallest absolute Gasteiger partial charge is 0.452 e. The molecule has 0 spiro atoms. The van der Waals surface area contributed by atoms with Crippen molar-refractivity contribution >= 4 is 26.5 Å². The molecule has 0 bridgehead atoms. The zero-order chi connectivity index (χ0) is 20.0. The van der Waals surface area contributed by atoms with Crippen molar-refractivity contribution in [2.75, 3.05) is 5.73 Å². The molecule has 0 amide bonds. The Kier molecular flexibility index (Phi) is 4.73. The van der Waals surface area contributed by atoms with Crippen molar-refractivity contribution in [2.45, 2.75) is 31.0 Å². The van der Waals surface area contributed by atoms with Gasteiger partial charge in [-0.1, -0.05) is 16.5 Å². The van der Waals surface area contributed by atoms with Crippen LogP contribution in [0.5, 0.6) is 0 Å². The van der Waals surface area contributed by atoms with Crippen LogP contribution in [0, 0.1) is 6.92 Å². The number of anilines is 1. The summed E-state index contributed by atoms with van der Waals surface area (Å²) in [6.07, 6.45) is -4.72. The molecule has 14 heteroatoms. The highest BCUT2D eigenvalue weighted by Gasteiger charge is 2.37. The normalized spacial score (nSPS) is 13.8. The fourth-order valence-corrected chi connectivity index (χ4v) is 4.23. The van der Waals surface area contributed by atoms with Crippen molar-refractivity contribution in [3.63, 3.8) is 0 Å². The lowest BCUT2D eigenvalue weighted by Gasteiger charge is -2.10. The Morgan fingerprint density at radius 1 is 1.30 bits per heavy atom. The van der Waals surface area contributed by atoms with Crippen LogP contribution in [0.1, 0.15) is 29.5 Å². The van der Waals surface area contributed by atoms with Crippen molar-refractivity contribution < 1.29 is 30.5 Å². The Balaban J connectivity index is 1.88. The Morgan fingerprint density at radius 3 is 2.56 bits per heavy atom. The molecule has 3 aromatic heterocycles. The van der Waals surface area contributed by atoms with Gasteiger partial charge in [0.15, 0.2) is 5.76 Å². The lowest BCUT2D eigenvalue weighted by molar-refractivity contribution is -0.155. The Bertz CT molecular complexity index is 1070. The molecule has 0 fully saturated rings. The molecule has 3 heterocycles. The fourth-order valence-electron chi connectivity index (χ4n) is 2.15. The van der Waals surface area contributed by atoms with Crippen LogP contribution in [0.15, 0.2) is 26.0 Å². The molecule has 9 nitrogen and oxygen atoms in total. The van der Waals surface area contributed by atoms with Gasteiger partial charge >= 0.3 is 6.18 Å². The van der Waals surface area contributed by atoms with E-state index in [4.69, 9.17) is 10.2 Å². The van der Waals surface area contributed by atoms with Crippen molar-refractivity contribution in [1.29, 1.82) is 0 Å². The van der Waals surface area contributed by atoms with Crippen molar-refractivity contribution in [3.8, 4) is 11.5 Å². The number of hydrogen-bond acceptors (Lipinski definition) is 9. The summed E-state index contributed by atoms with van der Waals surface area (Å²) in [7, 11) is -4.06. The van der Waals surface area contributed by atoms with Crippen LogP contribution in [0.2, 0.25) is 0 Å². The zero-order valence-corrected chi connectivity index (χ0v) is 15.4. The second-order valence-electron chi connectivity index (χ2n) is 5.43. The van der Waals surface area contributed by atoms with Crippen LogP contribution < -0.4 is 10.5 Å². The van der Waals surface area contributed by atoms with E-state index in [2.05, 4.69) is 24.6 Å². The fraction of sp³-hybridized carbons (Fsp3) is 0.308. The van der Waals surface area contributed by atoms with Gasteiger partial charge in [0.2, 0.25) is 20.9 Å². The number of nitrogen functional groups attached to an aromatic ring is 1. The zero-order valence-electron chi connectivity index (χ0n) is 13.7. The summed E-state index contributed by atoms with van der Waals surface area (Å²) in [5.41, 5.74) is 5.19. The molecule has 27 heavy (non-hydrogen) atoms. The highest BCUT2D eigenvalue weighted by atomic mass is 32.2. The van der Waals surface area contributed by atoms with Gasteiger partial charge in [-0.3, -0.25) is 0 Å². The SMILES string of the molecule is Cc1oc(-c2cc(C(F)(F)F)on2)cc1S(=O)(=O)NC(C)c1nnc(N)s1. The van der Waals surface area contributed by atoms with E-state index < -0.39 is 28.0 Å². The second-order valence-corrected chi connectivity index (χ2v) is 8.15. The summed E-state index contributed by atoms with van der Waals surface area (Å²) >= 11 is 1.02. The van der Waals surface area contributed by atoms with Crippen LogP contribution in [0.25, 0.3) is 11.5 Å². The number of nitrogens with one attached hydrogen (secondary N) is 1. The van der Waals surface area contributed by atoms with E-state index in [0.717, 1.165) is 17.4 Å². The van der Waals surface area contributed by atoms with Crippen LogP contribution in [0.3, 0.4) is 0 Å². The number of nitrogens with two attached hydrogens (primary N) is 1. The minimum atomic E-state index is -4.72. The van der Waals surface area contributed by atoms with E-state index in [1.807, 2.05) is 0 Å². The van der Waals surface area contributed by atoms with Crippen molar-refractivity contribution in [2.24, 2.45) is 0 Å². The third kappa shape index (κ3) is 3.96. The Hall–Kier alpha value is -2.45. The van der Waals surface area contributed by atoms with E-state index >= 15 is 0 Å². The van der Waals surface area contributed by atoms with Gasteiger partial charge in [0.05, 0.1) is 6.04 Å². The van der Waals surface area contributed by atoms with Crippen LogP contribution in [-0.4, -0.2) is 23.8 Å². The Morgan fingerprint density at radius 2 is 2.00 bits per heavy atom. The average Bonchev–Trinajstić information content (AvgIpc) is 3.24. The first-order valence-electron chi connectivity index (χ1n) is 7.23. The monoisotopic (exact) mass is 423 g/mol. The molecule has 0 aliphatic heterocycles. The topological polar surface area (TPSA) is 137 Å². The first-order chi connectivity index (χ1) is 12.5. The van der Waals surface area contributed by atoms with E-state index in [9.17, 15) is 21.6 Å². The molecular weight excluding hydrogens is 411 g/mol. The van der Waals surface area contributed by atoms with E-state index in [-0.39, 0.29) is 27.2 Å². The van der Waals surface area contributed by atoms with Crippen LogP contribution >= 0.6 is 11.3 Å². The van der Waals surface area contributed by atoms with Crippen molar-refractivity contribution in [3.05, 3.63) is 28.7 Å². The maximum Gasteiger partial charge on any atom is 0.452 e. The molecule has 1 atom stereocenters. The van der Waals surface area contributed by atoms with Gasteiger partial charge in [-0.2, -0.15) is 13.2 Å². The van der Waals surface area contributed by atoms with Crippen LogP contribution in [0.4, 0.5) is 18.3 Å². The number of aryl methyl sites for hydroxylation is 1. The molecule has 0 radical (unpaired) electrons. The largest absolute Gasteiger partial charge is 0.458 e. The first kappa shape index (κ1) is 19.3. The number of aromatic nitrogens is 3. The molecule has 0 saturated heterocycles. The molecule has 3 aromatic rings. The summed E-state index contributed by atoms with van der Waals surface area (Å²) in [5, 5.41) is 11.2. The van der Waals surface area contributed by atoms with E-state index in [0.29, 0.717) is 11.1 Å². The first-order valence-corrected chi connectivity index (χ1v) is 9.53. The Labute approximate surface area is 154 Å². The van der Waals surface area contributed by atoms with Gasteiger partial charge in [-0.15, -0.1) is 10.2 Å².